The second-order valence-corrected chi connectivity index (χ2v) is 6.43. The zero-order chi connectivity index (χ0) is 17.7. The summed E-state index contributed by atoms with van der Waals surface area (Å²) in [5.74, 6) is 0.860. The van der Waals surface area contributed by atoms with Crippen molar-refractivity contribution in [3.05, 3.63) is 30.3 Å². The minimum atomic E-state index is -0.504. The van der Waals surface area contributed by atoms with Crippen LogP contribution in [-0.4, -0.2) is 50.6 Å². The third kappa shape index (κ3) is 4.38. The van der Waals surface area contributed by atoms with Crippen LogP contribution >= 0.6 is 0 Å². The summed E-state index contributed by atoms with van der Waals surface area (Å²) in [6.45, 7) is 6.56. The lowest BCUT2D eigenvalue weighted by atomic mass is 10.0. The van der Waals surface area contributed by atoms with Gasteiger partial charge in [-0.3, -0.25) is 4.79 Å². The number of tetrazole rings is 1. The molecule has 0 radical (unpaired) electrons. The third-order valence-corrected chi connectivity index (χ3v) is 4.19. The van der Waals surface area contributed by atoms with Crippen LogP contribution in [0.4, 0.5) is 0 Å². The highest BCUT2D eigenvalue weighted by Crippen LogP contribution is 2.14. The minimum Gasteiger partial charge on any atom is -0.344 e. The van der Waals surface area contributed by atoms with Gasteiger partial charge in [-0.15, -0.1) is 10.2 Å². The summed E-state index contributed by atoms with van der Waals surface area (Å²) in [5.41, 5.74) is 6.92. The molecular formula is C17H26N6O. The van der Waals surface area contributed by atoms with E-state index < -0.39 is 6.04 Å². The number of rotatable bonds is 7. The van der Waals surface area contributed by atoms with Crippen LogP contribution < -0.4 is 5.73 Å². The fourth-order valence-electron chi connectivity index (χ4n) is 2.30. The number of nitrogens with two attached hydrogens (primary N) is 1. The van der Waals surface area contributed by atoms with Gasteiger partial charge < -0.3 is 10.6 Å². The summed E-state index contributed by atoms with van der Waals surface area (Å²) in [7, 11) is 1.78. The molecule has 24 heavy (non-hydrogen) atoms. The zero-order valence-electron chi connectivity index (χ0n) is 14.8. The van der Waals surface area contributed by atoms with Crippen molar-refractivity contribution in [2.45, 2.75) is 39.3 Å². The second kappa shape index (κ2) is 8.01. The van der Waals surface area contributed by atoms with E-state index in [0.717, 1.165) is 12.0 Å². The largest absolute Gasteiger partial charge is 0.344 e. The van der Waals surface area contributed by atoms with E-state index in [9.17, 15) is 4.79 Å². The highest BCUT2D eigenvalue weighted by Gasteiger charge is 2.22. The van der Waals surface area contributed by atoms with Crippen molar-refractivity contribution < 1.29 is 4.79 Å². The van der Waals surface area contributed by atoms with Gasteiger partial charge in [-0.1, -0.05) is 44.2 Å². The maximum Gasteiger partial charge on any atom is 0.248 e. The molecule has 0 fully saturated rings. The Hall–Kier alpha value is -2.28. The number of hydrogen-bond donors (Lipinski definition) is 1. The van der Waals surface area contributed by atoms with Gasteiger partial charge >= 0.3 is 0 Å². The van der Waals surface area contributed by atoms with Crippen molar-refractivity contribution in [3.63, 3.8) is 0 Å². The van der Waals surface area contributed by atoms with Gasteiger partial charge in [0.1, 0.15) is 6.04 Å². The van der Waals surface area contributed by atoms with Gasteiger partial charge in [-0.05, 0) is 24.5 Å². The lowest BCUT2D eigenvalue weighted by Gasteiger charge is -2.23. The van der Waals surface area contributed by atoms with Gasteiger partial charge in [0.2, 0.25) is 11.7 Å². The fourth-order valence-corrected chi connectivity index (χ4v) is 2.30. The molecule has 2 atom stereocenters. The first-order valence-electron chi connectivity index (χ1n) is 8.25. The van der Waals surface area contributed by atoms with E-state index in [1.165, 1.54) is 4.80 Å². The molecule has 2 rings (SSSR count). The quantitative estimate of drug-likeness (QED) is 0.835. The number of nitrogens with zero attached hydrogens (tertiary/aromatic N) is 5. The molecule has 1 heterocycles. The summed E-state index contributed by atoms with van der Waals surface area (Å²) in [5, 5.41) is 12.4. The van der Waals surface area contributed by atoms with Gasteiger partial charge in [0, 0.05) is 25.2 Å². The number of carbonyl (C=O) groups excluding carboxylic acids is 1. The lowest BCUT2D eigenvalue weighted by molar-refractivity contribution is -0.133. The van der Waals surface area contributed by atoms with Crippen LogP contribution in [0, 0.1) is 5.92 Å². The van der Waals surface area contributed by atoms with Crippen molar-refractivity contribution in [2.24, 2.45) is 11.7 Å². The summed E-state index contributed by atoms with van der Waals surface area (Å²) in [6, 6.07) is 9.16. The van der Waals surface area contributed by atoms with Crippen LogP contribution in [0.15, 0.2) is 30.3 Å². The average Bonchev–Trinajstić information content (AvgIpc) is 3.08. The van der Waals surface area contributed by atoms with Crippen molar-refractivity contribution in [3.8, 4) is 11.4 Å². The zero-order valence-corrected chi connectivity index (χ0v) is 14.8. The molecule has 1 amide bonds. The van der Waals surface area contributed by atoms with Crippen molar-refractivity contribution in [2.75, 3.05) is 13.6 Å². The predicted octanol–water partition coefficient (Wildman–Crippen LogP) is 1.73. The fraction of sp³-hybridized carbons (Fsp3) is 0.529. The Kier molecular flexibility index (Phi) is 6.03. The van der Waals surface area contributed by atoms with Gasteiger partial charge in [-0.25, -0.2) is 0 Å². The molecule has 0 saturated heterocycles. The molecule has 0 aliphatic heterocycles. The van der Waals surface area contributed by atoms with Crippen molar-refractivity contribution in [1.82, 2.24) is 25.1 Å². The van der Waals surface area contributed by atoms with E-state index >= 15 is 0 Å². The summed E-state index contributed by atoms with van der Waals surface area (Å²) >= 11 is 0. The highest BCUT2D eigenvalue weighted by molar-refractivity contribution is 5.79. The molecule has 2 unspecified atom stereocenters. The maximum absolute atomic E-state index is 12.5. The average molecular weight is 330 g/mol. The maximum atomic E-state index is 12.5. The first-order valence-corrected chi connectivity index (χ1v) is 8.25. The number of likely N-dealkylation sites (N-methyl/N-ethyl adjacent to an activating group) is 1. The number of carbonyl (C=O) groups is 1. The van der Waals surface area contributed by atoms with Crippen LogP contribution in [0.3, 0.4) is 0 Å². The van der Waals surface area contributed by atoms with E-state index in [4.69, 9.17) is 5.73 Å². The SMILES string of the molecule is CC(C)C(N)CCN(C)C(=O)C(C)n1nnc(-c2ccccc2)n1. The van der Waals surface area contributed by atoms with E-state index in [-0.39, 0.29) is 11.9 Å². The van der Waals surface area contributed by atoms with Crippen LogP contribution in [0.2, 0.25) is 0 Å². The molecule has 2 aromatic rings. The third-order valence-electron chi connectivity index (χ3n) is 4.19. The Morgan fingerprint density at radius 1 is 1.25 bits per heavy atom. The van der Waals surface area contributed by atoms with Crippen molar-refractivity contribution in [1.29, 1.82) is 0 Å². The molecule has 0 bridgehead atoms. The molecule has 1 aromatic carbocycles. The Bertz CT molecular complexity index is 654. The van der Waals surface area contributed by atoms with Crippen LogP contribution in [0.25, 0.3) is 11.4 Å². The van der Waals surface area contributed by atoms with Crippen LogP contribution in [0.1, 0.15) is 33.2 Å². The van der Waals surface area contributed by atoms with E-state index in [2.05, 4.69) is 29.3 Å². The van der Waals surface area contributed by atoms with Crippen LogP contribution in [0.5, 0.6) is 0 Å². The molecule has 7 heteroatoms. The Morgan fingerprint density at radius 3 is 2.54 bits per heavy atom. The molecule has 7 nitrogen and oxygen atoms in total. The molecule has 0 spiro atoms. The summed E-state index contributed by atoms with van der Waals surface area (Å²) < 4.78 is 0. The van der Waals surface area contributed by atoms with Gasteiger partial charge in [-0.2, -0.15) is 4.80 Å². The predicted molar refractivity (Wildman–Crippen MR) is 93.0 cm³/mol. The lowest BCUT2D eigenvalue weighted by Crippen LogP contribution is -2.38. The Morgan fingerprint density at radius 2 is 1.92 bits per heavy atom. The summed E-state index contributed by atoms with van der Waals surface area (Å²) in [6.07, 6.45) is 0.771. The van der Waals surface area contributed by atoms with Gasteiger partial charge in [0.25, 0.3) is 0 Å². The normalized spacial score (nSPS) is 13.8. The molecule has 0 aliphatic carbocycles. The molecule has 130 valence electrons. The number of aromatic nitrogens is 4. The van der Waals surface area contributed by atoms with E-state index in [0.29, 0.717) is 18.3 Å². The summed E-state index contributed by atoms with van der Waals surface area (Å²) in [4.78, 5) is 15.6. The Balaban J connectivity index is 1.99. The topological polar surface area (TPSA) is 89.9 Å². The van der Waals surface area contributed by atoms with Gasteiger partial charge in [0.15, 0.2) is 0 Å². The standard InChI is InChI=1S/C17H26N6O/c1-12(2)15(18)10-11-22(4)17(24)13(3)23-20-16(19-21-23)14-8-6-5-7-9-14/h5-9,12-13,15H,10-11,18H2,1-4H3. The number of benzene rings is 1. The smallest absolute Gasteiger partial charge is 0.248 e. The number of hydrogen-bond acceptors (Lipinski definition) is 5. The second-order valence-electron chi connectivity index (χ2n) is 6.43. The Labute approximate surface area is 142 Å². The molecule has 0 aliphatic rings. The molecule has 1 aromatic heterocycles. The van der Waals surface area contributed by atoms with Gasteiger partial charge in [0.05, 0.1) is 0 Å². The number of amides is 1. The van der Waals surface area contributed by atoms with Crippen molar-refractivity contribution >= 4 is 5.91 Å². The molecular weight excluding hydrogens is 304 g/mol. The molecule has 2 N–H and O–H groups in total. The highest BCUT2D eigenvalue weighted by atomic mass is 16.2. The molecule has 0 saturated carbocycles. The monoisotopic (exact) mass is 330 g/mol. The van der Waals surface area contributed by atoms with Crippen LogP contribution in [-0.2, 0) is 4.79 Å². The van der Waals surface area contributed by atoms with E-state index in [1.807, 2.05) is 30.3 Å². The van der Waals surface area contributed by atoms with E-state index in [1.54, 1.807) is 18.9 Å². The first kappa shape index (κ1) is 18.1. The minimum absolute atomic E-state index is 0.0528. The first-order chi connectivity index (χ1) is 11.4.